The Kier molecular flexibility index (Phi) is 4.63. The van der Waals surface area contributed by atoms with Crippen molar-refractivity contribution in [2.45, 2.75) is 18.9 Å². The fraction of sp³-hybridized carbons (Fsp3) is 0.625. The lowest BCUT2D eigenvalue weighted by atomic mass is 10.1. The van der Waals surface area contributed by atoms with Crippen LogP contribution in [0.3, 0.4) is 0 Å². The Morgan fingerprint density at radius 2 is 2.57 bits per heavy atom. The van der Waals surface area contributed by atoms with E-state index in [1.807, 2.05) is 0 Å². The lowest BCUT2D eigenvalue weighted by Crippen LogP contribution is -2.18. The highest BCUT2D eigenvalue weighted by Gasteiger charge is 2.11. The maximum atomic E-state index is 10.2. The highest BCUT2D eigenvalue weighted by atomic mass is 16.5. The topological polar surface area (TPSA) is 77.1 Å². The van der Waals surface area contributed by atoms with E-state index in [0.29, 0.717) is 25.9 Å². The molecule has 14 heavy (non-hydrogen) atoms. The summed E-state index contributed by atoms with van der Waals surface area (Å²) in [6, 6.07) is 0. The predicted molar refractivity (Wildman–Crippen MR) is 47.5 cm³/mol. The van der Waals surface area contributed by atoms with Gasteiger partial charge in [0.2, 0.25) is 0 Å². The van der Waals surface area contributed by atoms with Gasteiger partial charge in [0.25, 0.3) is 6.47 Å². The molecule has 6 heteroatoms. The van der Waals surface area contributed by atoms with Crippen molar-refractivity contribution < 1.29 is 14.3 Å². The Hall–Kier alpha value is -1.43. The molecule has 0 fully saturated rings. The smallest absolute Gasteiger partial charge is 0.293 e. The lowest BCUT2D eigenvalue weighted by molar-refractivity contribution is -0.134. The number of methoxy groups -OCH3 is 1. The van der Waals surface area contributed by atoms with E-state index in [2.05, 4.69) is 15.4 Å². The standard InChI is InChI=1S/C8H13N3O3/c1-13-3-2-8(14-6-12)4-7-5-9-11-10-7/h5-6,8H,2-4H2,1H3,(H,9,10,11). The van der Waals surface area contributed by atoms with Gasteiger partial charge in [-0.2, -0.15) is 0 Å². The van der Waals surface area contributed by atoms with Crippen molar-refractivity contribution in [2.75, 3.05) is 13.7 Å². The van der Waals surface area contributed by atoms with Gasteiger partial charge in [-0.15, -0.1) is 5.10 Å². The van der Waals surface area contributed by atoms with E-state index in [-0.39, 0.29) is 6.10 Å². The highest BCUT2D eigenvalue weighted by Crippen LogP contribution is 2.04. The van der Waals surface area contributed by atoms with Crippen LogP contribution in [-0.2, 0) is 20.7 Å². The molecule has 0 amide bonds. The monoisotopic (exact) mass is 199 g/mol. The Morgan fingerprint density at radius 1 is 1.71 bits per heavy atom. The molecular formula is C8H13N3O3. The number of aromatic nitrogens is 3. The molecule has 1 aromatic heterocycles. The molecule has 1 rings (SSSR count). The first-order valence-electron chi connectivity index (χ1n) is 4.29. The number of carbonyl (C=O) groups is 1. The predicted octanol–water partition coefficient (Wildman–Crippen LogP) is -0.0747. The van der Waals surface area contributed by atoms with E-state index in [9.17, 15) is 4.79 Å². The van der Waals surface area contributed by atoms with Gasteiger partial charge in [0.05, 0.1) is 11.9 Å². The number of ether oxygens (including phenoxy) is 2. The number of carbonyl (C=O) groups excluding carboxylic acids is 1. The molecule has 1 unspecified atom stereocenters. The van der Waals surface area contributed by atoms with Crippen LogP contribution >= 0.6 is 0 Å². The van der Waals surface area contributed by atoms with Crippen LogP contribution in [0.1, 0.15) is 12.1 Å². The minimum absolute atomic E-state index is 0.185. The summed E-state index contributed by atoms with van der Waals surface area (Å²) >= 11 is 0. The maximum absolute atomic E-state index is 10.2. The fourth-order valence-corrected chi connectivity index (χ4v) is 1.11. The molecule has 1 atom stereocenters. The van der Waals surface area contributed by atoms with Gasteiger partial charge in [0.1, 0.15) is 6.10 Å². The minimum Gasteiger partial charge on any atom is -0.464 e. The number of rotatable bonds is 7. The summed E-state index contributed by atoms with van der Waals surface area (Å²) in [6.07, 6.45) is 2.66. The molecule has 1 N–H and O–H groups in total. The number of H-pyrrole nitrogens is 1. The second kappa shape index (κ2) is 6.09. The molecule has 0 aliphatic carbocycles. The van der Waals surface area contributed by atoms with Gasteiger partial charge in [-0.05, 0) is 0 Å². The van der Waals surface area contributed by atoms with Gasteiger partial charge in [-0.3, -0.25) is 9.89 Å². The van der Waals surface area contributed by atoms with E-state index < -0.39 is 0 Å². The largest absolute Gasteiger partial charge is 0.464 e. The summed E-state index contributed by atoms with van der Waals surface area (Å²) < 4.78 is 9.78. The zero-order valence-electron chi connectivity index (χ0n) is 7.97. The molecule has 1 heterocycles. The van der Waals surface area contributed by atoms with Gasteiger partial charge < -0.3 is 9.47 Å². The Bertz CT molecular complexity index is 250. The molecule has 0 aliphatic heterocycles. The molecule has 78 valence electrons. The van der Waals surface area contributed by atoms with E-state index >= 15 is 0 Å². The van der Waals surface area contributed by atoms with Crippen molar-refractivity contribution in [2.24, 2.45) is 0 Å². The SMILES string of the molecule is COCCC(Cc1cnn[nH]1)OC=O. The van der Waals surface area contributed by atoms with Crippen molar-refractivity contribution in [1.82, 2.24) is 15.4 Å². The Morgan fingerprint density at radius 3 is 3.14 bits per heavy atom. The molecule has 0 saturated heterocycles. The van der Waals surface area contributed by atoms with Crippen LogP contribution in [0.15, 0.2) is 6.20 Å². The Balaban J connectivity index is 2.38. The van der Waals surface area contributed by atoms with E-state index in [1.165, 1.54) is 0 Å². The number of nitrogens with zero attached hydrogens (tertiary/aromatic N) is 2. The van der Waals surface area contributed by atoms with Crippen LogP contribution in [0.2, 0.25) is 0 Å². The van der Waals surface area contributed by atoms with Crippen LogP contribution in [0.4, 0.5) is 0 Å². The van der Waals surface area contributed by atoms with E-state index in [4.69, 9.17) is 9.47 Å². The van der Waals surface area contributed by atoms with Crippen molar-refractivity contribution in [3.8, 4) is 0 Å². The van der Waals surface area contributed by atoms with Crippen LogP contribution in [0, 0.1) is 0 Å². The molecule has 0 aliphatic rings. The fourth-order valence-electron chi connectivity index (χ4n) is 1.11. The summed E-state index contributed by atoms with van der Waals surface area (Å²) in [5.74, 6) is 0. The normalized spacial score (nSPS) is 12.4. The molecule has 0 aromatic carbocycles. The average Bonchev–Trinajstić information content (AvgIpc) is 2.67. The quantitative estimate of drug-likeness (QED) is 0.622. The van der Waals surface area contributed by atoms with Gasteiger partial charge in [0.15, 0.2) is 0 Å². The second-order valence-corrected chi connectivity index (χ2v) is 2.82. The zero-order valence-corrected chi connectivity index (χ0v) is 7.97. The van der Waals surface area contributed by atoms with Crippen LogP contribution in [0.5, 0.6) is 0 Å². The molecule has 0 radical (unpaired) electrons. The average molecular weight is 199 g/mol. The lowest BCUT2D eigenvalue weighted by Gasteiger charge is -2.12. The Labute approximate surface area is 81.6 Å². The van der Waals surface area contributed by atoms with Crippen molar-refractivity contribution >= 4 is 6.47 Å². The van der Waals surface area contributed by atoms with Crippen LogP contribution < -0.4 is 0 Å². The summed E-state index contributed by atoms with van der Waals surface area (Å²) in [4.78, 5) is 10.2. The third-order valence-electron chi connectivity index (χ3n) is 1.80. The number of nitrogens with one attached hydrogen (secondary N) is 1. The zero-order chi connectivity index (χ0) is 10.2. The van der Waals surface area contributed by atoms with E-state index in [0.717, 1.165) is 5.69 Å². The first-order valence-corrected chi connectivity index (χ1v) is 4.29. The summed E-state index contributed by atoms with van der Waals surface area (Å²) in [5, 5.41) is 9.91. The second-order valence-electron chi connectivity index (χ2n) is 2.82. The van der Waals surface area contributed by atoms with Gasteiger partial charge in [0, 0.05) is 26.6 Å². The van der Waals surface area contributed by atoms with Gasteiger partial charge >= 0.3 is 0 Å². The third-order valence-corrected chi connectivity index (χ3v) is 1.80. The maximum Gasteiger partial charge on any atom is 0.293 e. The first-order chi connectivity index (χ1) is 6.86. The van der Waals surface area contributed by atoms with Crippen molar-refractivity contribution in [3.05, 3.63) is 11.9 Å². The summed E-state index contributed by atoms with van der Waals surface area (Å²) in [7, 11) is 1.61. The number of aromatic amines is 1. The molecule has 0 spiro atoms. The summed E-state index contributed by atoms with van der Waals surface area (Å²) in [5.41, 5.74) is 0.841. The third kappa shape index (κ3) is 3.53. The highest BCUT2D eigenvalue weighted by molar-refractivity contribution is 5.37. The molecule has 0 saturated carbocycles. The molecule has 1 aromatic rings. The van der Waals surface area contributed by atoms with Crippen LogP contribution in [-0.4, -0.2) is 41.7 Å². The molecule has 6 nitrogen and oxygen atoms in total. The number of hydrogen-bond acceptors (Lipinski definition) is 5. The van der Waals surface area contributed by atoms with Crippen molar-refractivity contribution in [3.63, 3.8) is 0 Å². The van der Waals surface area contributed by atoms with Gasteiger partial charge in [-0.1, -0.05) is 5.21 Å². The molecular weight excluding hydrogens is 186 g/mol. The van der Waals surface area contributed by atoms with Gasteiger partial charge in [-0.25, -0.2) is 0 Å². The van der Waals surface area contributed by atoms with E-state index in [1.54, 1.807) is 13.3 Å². The minimum atomic E-state index is -0.185. The molecule has 0 bridgehead atoms. The van der Waals surface area contributed by atoms with Crippen LogP contribution in [0.25, 0.3) is 0 Å². The number of hydrogen-bond donors (Lipinski definition) is 1. The van der Waals surface area contributed by atoms with Crippen molar-refractivity contribution in [1.29, 1.82) is 0 Å². The summed E-state index contributed by atoms with van der Waals surface area (Å²) in [6.45, 7) is 1.00. The first kappa shape index (κ1) is 10.6.